The van der Waals surface area contributed by atoms with E-state index in [2.05, 4.69) is 10.6 Å². The van der Waals surface area contributed by atoms with Gasteiger partial charge in [-0.1, -0.05) is 25.1 Å². The molecule has 118 valence electrons. The minimum absolute atomic E-state index is 0.0932. The van der Waals surface area contributed by atoms with Gasteiger partial charge in [0.2, 0.25) is 0 Å². The summed E-state index contributed by atoms with van der Waals surface area (Å²) in [6, 6.07) is 12.4. The third-order valence-electron chi connectivity index (χ3n) is 3.19. The topological polar surface area (TPSA) is 101 Å². The largest absolute Gasteiger partial charge is 0.318 e. The lowest BCUT2D eigenvalue weighted by Gasteiger charge is -2.09. The quantitative estimate of drug-likeness (QED) is 0.515. The highest BCUT2D eigenvalue weighted by atomic mass is 16.6. The Hall–Kier alpha value is -3.22. The van der Waals surface area contributed by atoms with Crippen LogP contribution >= 0.6 is 0 Å². The van der Waals surface area contributed by atoms with Crippen LogP contribution in [0.25, 0.3) is 0 Å². The van der Waals surface area contributed by atoms with Gasteiger partial charge in [-0.15, -0.1) is 0 Å². The number of benzene rings is 2. The molecule has 0 aliphatic heterocycles. The molecular weight excluding hydrogens is 298 g/mol. The summed E-state index contributed by atoms with van der Waals surface area (Å²) in [5.41, 5.74) is 1.71. The number of nitro benzene ring substituents is 1. The van der Waals surface area contributed by atoms with Crippen LogP contribution in [0.15, 0.2) is 48.5 Å². The Kier molecular flexibility index (Phi) is 5.03. The average Bonchev–Trinajstić information content (AvgIpc) is 2.55. The minimum Gasteiger partial charge on any atom is -0.318 e. The van der Waals surface area contributed by atoms with Crippen LogP contribution in [0, 0.1) is 10.1 Å². The van der Waals surface area contributed by atoms with Crippen molar-refractivity contribution in [2.75, 3.05) is 10.6 Å². The molecule has 0 atom stereocenters. The first-order chi connectivity index (χ1) is 11.0. The number of aryl methyl sites for hydroxylation is 1. The summed E-state index contributed by atoms with van der Waals surface area (Å²) in [5.74, 6) is -1.64. The molecule has 0 saturated heterocycles. The number of carbonyl (C=O) groups excluding carboxylic acids is 2. The first kappa shape index (κ1) is 16.2. The van der Waals surface area contributed by atoms with Gasteiger partial charge in [-0.2, -0.15) is 0 Å². The van der Waals surface area contributed by atoms with Gasteiger partial charge in [-0.3, -0.25) is 19.7 Å². The molecule has 0 aromatic heterocycles. The van der Waals surface area contributed by atoms with Crippen molar-refractivity contribution in [1.82, 2.24) is 0 Å². The fraction of sp³-hybridized carbons (Fsp3) is 0.125. The summed E-state index contributed by atoms with van der Waals surface area (Å²) in [7, 11) is 0. The van der Waals surface area contributed by atoms with Gasteiger partial charge in [0.1, 0.15) is 0 Å². The molecule has 2 aromatic rings. The van der Waals surface area contributed by atoms with E-state index in [1.54, 1.807) is 12.1 Å². The summed E-state index contributed by atoms with van der Waals surface area (Å²) >= 11 is 0. The molecule has 0 radical (unpaired) electrons. The Labute approximate surface area is 132 Å². The van der Waals surface area contributed by atoms with Crippen molar-refractivity contribution in [1.29, 1.82) is 0 Å². The zero-order valence-corrected chi connectivity index (χ0v) is 12.4. The highest BCUT2D eigenvalue weighted by Crippen LogP contribution is 2.17. The number of anilines is 2. The van der Waals surface area contributed by atoms with Crippen LogP contribution in [0.3, 0.4) is 0 Å². The molecule has 0 spiro atoms. The molecule has 0 heterocycles. The van der Waals surface area contributed by atoms with Crippen molar-refractivity contribution in [3.05, 3.63) is 64.2 Å². The van der Waals surface area contributed by atoms with Crippen molar-refractivity contribution in [2.45, 2.75) is 13.3 Å². The smallest absolute Gasteiger partial charge is 0.314 e. The molecule has 2 aromatic carbocycles. The molecule has 7 nitrogen and oxygen atoms in total. The van der Waals surface area contributed by atoms with Crippen LogP contribution < -0.4 is 10.6 Å². The van der Waals surface area contributed by atoms with Gasteiger partial charge in [0.25, 0.3) is 5.69 Å². The van der Waals surface area contributed by atoms with Crippen LogP contribution in [0.4, 0.5) is 17.1 Å². The zero-order chi connectivity index (χ0) is 16.8. The van der Waals surface area contributed by atoms with Crippen LogP contribution in [-0.4, -0.2) is 16.7 Å². The Bertz CT molecular complexity index is 741. The van der Waals surface area contributed by atoms with E-state index in [0.717, 1.165) is 12.0 Å². The third kappa shape index (κ3) is 4.13. The first-order valence-electron chi connectivity index (χ1n) is 6.96. The lowest BCUT2D eigenvalue weighted by molar-refractivity contribution is -0.384. The van der Waals surface area contributed by atoms with Crippen molar-refractivity contribution in [3.8, 4) is 0 Å². The van der Waals surface area contributed by atoms with Gasteiger partial charge in [0, 0.05) is 23.5 Å². The highest BCUT2D eigenvalue weighted by Gasteiger charge is 2.15. The van der Waals surface area contributed by atoms with Gasteiger partial charge >= 0.3 is 11.8 Å². The lowest BCUT2D eigenvalue weighted by Crippen LogP contribution is -2.29. The SMILES string of the molecule is CCc1ccccc1NC(=O)C(=O)Nc1ccc([N+](=O)[O-])cc1. The molecular formula is C16H15N3O4. The lowest BCUT2D eigenvalue weighted by atomic mass is 10.1. The molecule has 0 aliphatic carbocycles. The van der Waals surface area contributed by atoms with E-state index in [0.29, 0.717) is 11.4 Å². The molecule has 0 fully saturated rings. The first-order valence-corrected chi connectivity index (χ1v) is 6.96. The van der Waals surface area contributed by atoms with Gasteiger partial charge in [-0.05, 0) is 30.2 Å². The number of hydrogen-bond donors (Lipinski definition) is 2. The monoisotopic (exact) mass is 313 g/mol. The van der Waals surface area contributed by atoms with E-state index in [4.69, 9.17) is 0 Å². The molecule has 7 heteroatoms. The molecule has 0 saturated carbocycles. The number of hydrogen-bond acceptors (Lipinski definition) is 4. The number of para-hydroxylation sites is 1. The molecule has 2 N–H and O–H groups in total. The van der Waals surface area contributed by atoms with E-state index in [9.17, 15) is 19.7 Å². The molecule has 2 rings (SSSR count). The fourth-order valence-electron chi connectivity index (χ4n) is 1.98. The molecule has 0 bridgehead atoms. The summed E-state index contributed by atoms with van der Waals surface area (Å²) in [5, 5.41) is 15.5. The normalized spacial score (nSPS) is 9.96. The standard InChI is InChI=1S/C16H15N3O4/c1-2-11-5-3-4-6-14(11)18-16(21)15(20)17-12-7-9-13(10-8-12)19(22)23/h3-10H,2H2,1H3,(H,17,20)(H,18,21). The summed E-state index contributed by atoms with van der Waals surface area (Å²) < 4.78 is 0. The number of amides is 2. The summed E-state index contributed by atoms with van der Waals surface area (Å²) in [4.78, 5) is 33.8. The summed E-state index contributed by atoms with van der Waals surface area (Å²) in [6.07, 6.45) is 0.723. The predicted octanol–water partition coefficient (Wildman–Crippen LogP) is 2.73. The Balaban J connectivity index is 2.02. The molecule has 0 aliphatic rings. The van der Waals surface area contributed by atoms with Gasteiger partial charge < -0.3 is 10.6 Å². The second kappa shape index (κ2) is 7.17. The van der Waals surface area contributed by atoms with E-state index in [1.165, 1.54) is 24.3 Å². The third-order valence-corrected chi connectivity index (χ3v) is 3.19. The number of nitrogens with zero attached hydrogens (tertiary/aromatic N) is 1. The number of rotatable bonds is 4. The van der Waals surface area contributed by atoms with Gasteiger partial charge in [0.05, 0.1) is 4.92 Å². The minimum atomic E-state index is -0.843. The maximum atomic E-state index is 11.9. The van der Waals surface area contributed by atoms with E-state index in [1.807, 2.05) is 19.1 Å². The van der Waals surface area contributed by atoms with Crippen LogP contribution in [-0.2, 0) is 16.0 Å². The van der Waals surface area contributed by atoms with Crippen LogP contribution in [0.5, 0.6) is 0 Å². The maximum Gasteiger partial charge on any atom is 0.314 e. The number of non-ortho nitro benzene ring substituents is 1. The van der Waals surface area contributed by atoms with E-state index >= 15 is 0 Å². The summed E-state index contributed by atoms with van der Waals surface area (Å²) in [6.45, 7) is 1.95. The molecule has 2 amide bonds. The van der Waals surface area contributed by atoms with Gasteiger partial charge in [-0.25, -0.2) is 0 Å². The van der Waals surface area contributed by atoms with Crippen LogP contribution in [0.2, 0.25) is 0 Å². The van der Waals surface area contributed by atoms with Crippen molar-refractivity contribution >= 4 is 28.9 Å². The second-order valence-corrected chi connectivity index (χ2v) is 4.72. The Morgan fingerprint density at radius 2 is 1.61 bits per heavy atom. The van der Waals surface area contributed by atoms with Crippen molar-refractivity contribution in [2.24, 2.45) is 0 Å². The van der Waals surface area contributed by atoms with E-state index in [-0.39, 0.29) is 5.69 Å². The predicted molar refractivity (Wildman–Crippen MR) is 86.2 cm³/mol. The number of nitrogens with one attached hydrogen (secondary N) is 2. The zero-order valence-electron chi connectivity index (χ0n) is 12.4. The van der Waals surface area contributed by atoms with E-state index < -0.39 is 16.7 Å². The number of nitro groups is 1. The fourth-order valence-corrected chi connectivity index (χ4v) is 1.98. The van der Waals surface area contributed by atoms with Crippen molar-refractivity contribution < 1.29 is 14.5 Å². The highest BCUT2D eigenvalue weighted by molar-refractivity contribution is 6.43. The second-order valence-electron chi connectivity index (χ2n) is 4.72. The van der Waals surface area contributed by atoms with Crippen molar-refractivity contribution in [3.63, 3.8) is 0 Å². The number of carbonyl (C=O) groups is 2. The average molecular weight is 313 g/mol. The molecule has 0 unspecified atom stereocenters. The Morgan fingerprint density at radius 3 is 2.22 bits per heavy atom. The van der Waals surface area contributed by atoms with Gasteiger partial charge in [0.15, 0.2) is 0 Å². The Morgan fingerprint density at radius 1 is 1.00 bits per heavy atom. The maximum absolute atomic E-state index is 11.9. The molecule has 23 heavy (non-hydrogen) atoms. The van der Waals surface area contributed by atoms with Crippen LogP contribution in [0.1, 0.15) is 12.5 Å².